The molecule has 0 radical (unpaired) electrons. The highest BCUT2D eigenvalue weighted by Crippen LogP contribution is 2.27. The third-order valence-corrected chi connectivity index (χ3v) is 4.31. The summed E-state index contributed by atoms with van der Waals surface area (Å²) < 4.78 is 5.64. The van der Waals surface area contributed by atoms with Crippen molar-refractivity contribution in [1.82, 2.24) is 0 Å². The Morgan fingerprint density at radius 1 is 1.16 bits per heavy atom. The van der Waals surface area contributed by atoms with Crippen LogP contribution in [0.4, 0.5) is 11.4 Å². The molecule has 132 valence electrons. The average Bonchev–Trinajstić information content (AvgIpc) is 2.62. The number of carbonyl (C=O) groups is 1. The van der Waals surface area contributed by atoms with Gasteiger partial charge in [-0.1, -0.05) is 18.2 Å². The third-order valence-electron chi connectivity index (χ3n) is 4.31. The molecule has 0 atom stereocenters. The Balaban J connectivity index is 1.52. The molecule has 3 rings (SSSR count). The highest BCUT2D eigenvalue weighted by molar-refractivity contribution is 5.94. The minimum absolute atomic E-state index is 0.170. The molecule has 0 bridgehead atoms. The van der Waals surface area contributed by atoms with Crippen LogP contribution in [0.3, 0.4) is 0 Å². The maximum Gasteiger partial charge on any atom is 0.228 e. The van der Waals surface area contributed by atoms with Crippen LogP contribution in [0.1, 0.15) is 32.3 Å². The summed E-state index contributed by atoms with van der Waals surface area (Å²) >= 11 is 0. The number of amides is 1. The molecular formula is C21H26N2O2. The summed E-state index contributed by atoms with van der Waals surface area (Å²) in [7, 11) is 0. The zero-order valence-corrected chi connectivity index (χ0v) is 15.0. The minimum Gasteiger partial charge on any atom is -0.491 e. The van der Waals surface area contributed by atoms with Crippen molar-refractivity contribution in [2.24, 2.45) is 0 Å². The van der Waals surface area contributed by atoms with Gasteiger partial charge in [0.05, 0.1) is 6.10 Å². The number of aryl methyl sites for hydroxylation is 1. The number of para-hydroxylation sites is 1. The van der Waals surface area contributed by atoms with E-state index in [4.69, 9.17) is 4.74 Å². The van der Waals surface area contributed by atoms with Crippen molar-refractivity contribution < 1.29 is 9.53 Å². The van der Waals surface area contributed by atoms with Gasteiger partial charge < -0.3 is 15.0 Å². The highest BCUT2D eigenvalue weighted by Gasteiger charge is 2.21. The molecule has 0 aliphatic carbocycles. The van der Waals surface area contributed by atoms with E-state index in [9.17, 15) is 4.79 Å². The molecule has 0 unspecified atom stereocenters. The van der Waals surface area contributed by atoms with Gasteiger partial charge in [-0.05, 0) is 62.6 Å². The summed E-state index contributed by atoms with van der Waals surface area (Å²) in [5.74, 6) is 1.04. The number of nitrogens with one attached hydrogen (secondary N) is 1. The van der Waals surface area contributed by atoms with Gasteiger partial charge in [-0.15, -0.1) is 0 Å². The van der Waals surface area contributed by atoms with E-state index in [0.29, 0.717) is 13.0 Å². The minimum atomic E-state index is 0.170. The van der Waals surface area contributed by atoms with Crippen LogP contribution < -0.4 is 15.0 Å². The number of ether oxygens (including phenoxy) is 1. The van der Waals surface area contributed by atoms with E-state index in [0.717, 1.165) is 36.5 Å². The monoisotopic (exact) mass is 338 g/mol. The van der Waals surface area contributed by atoms with Crippen molar-refractivity contribution >= 4 is 17.3 Å². The van der Waals surface area contributed by atoms with Gasteiger partial charge in [0.1, 0.15) is 5.75 Å². The van der Waals surface area contributed by atoms with Gasteiger partial charge in [0, 0.05) is 30.9 Å². The number of rotatable bonds is 6. The molecule has 0 saturated heterocycles. The number of nitrogens with zero attached hydrogens (tertiary/aromatic N) is 1. The average molecular weight is 338 g/mol. The normalized spacial score (nSPS) is 13.5. The second kappa shape index (κ2) is 8.06. The SMILES string of the molecule is CC(C)Oc1ccc(NCCC(=O)N2CCCc3ccccc32)cc1. The molecule has 1 aliphatic rings. The zero-order valence-electron chi connectivity index (χ0n) is 15.0. The standard InChI is InChI=1S/C21H26N2O2/c1-16(2)25-19-11-9-18(10-12-19)22-14-13-21(24)23-15-5-7-17-6-3-4-8-20(17)23/h3-4,6,8-12,16,22H,5,7,13-15H2,1-2H3. The molecular weight excluding hydrogens is 312 g/mol. The lowest BCUT2D eigenvalue weighted by Crippen LogP contribution is -2.36. The van der Waals surface area contributed by atoms with Gasteiger partial charge in [0.15, 0.2) is 0 Å². The summed E-state index contributed by atoms with van der Waals surface area (Å²) in [6.45, 7) is 5.46. The maximum atomic E-state index is 12.6. The topological polar surface area (TPSA) is 41.6 Å². The molecule has 0 fully saturated rings. The number of hydrogen-bond acceptors (Lipinski definition) is 3. The van der Waals surface area contributed by atoms with Gasteiger partial charge in [-0.25, -0.2) is 0 Å². The summed E-state index contributed by atoms with van der Waals surface area (Å²) in [4.78, 5) is 14.5. The van der Waals surface area contributed by atoms with Crippen molar-refractivity contribution in [2.75, 3.05) is 23.3 Å². The lowest BCUT2D eigenvalue weighted by molar-refractivity contribution is -0.118. The van der Waals surface area contributed by atoms with E-state index in [1.807, 2.05) is 61.2 Å². The van der Waals surface area contributed by atoms with Crippen molar-refractivity contribution in [2.45, 2.75) is 39.2 Å². The smallest absolute Gasteiger partial charge is 0.228 e. The Kier molecular flexibility index (Phi) is 5.59. The van der Waals surface area contributed by atoms with Crippen LogP contribution in [0.15, 0.2) is 48.5 Å². The van der Waals surface area contributed by atoms with Crippen molar-refractivity contribution in [3.8, 4) is 5.75 Å². The van der Waals surface area contributed by atoms with E-state index in [1.165, 1.54) is 5.56 Å². The Hall–Kier alpha value is -2.49. The van der Waals surface area contributed by atoms with Crippen LogP contribution >= 0.6 is 0 Å². The fourth-order valence-corrected chi connectivity index (χ4v) is 3.16. The summed E-state index contributed by atoms with van der Waals surface area (Å²) in [5.41, 5.74) is 3.35. The fraction of sp³-hybridized carbons (Fsp3) is 0.381. The van der Waals surface area contributed by atoms with Crippen LogP contribution in [-0.2, 0) is 11.2 Å². The quantitative estimate of drug-likeness (QED) is 0.856. The van der Waals surface area contributed by atoms with E-state index in [1.54, 1.807) is 0 Å². The lowest BCUT2D eigenvalue weighted by Gasteiger charge is -2.29. The van der Waals surface area contributed by atoms with E-state index in [-0.39, 0.29) is 12.0 Å². The van der Waals surface area contributed by atoms with E-state index < -0.39 is 0 Å². The van der Waals surface area contributed by atoms with Crippen molar-refractivity contribution in [3.05, 3.63) is 54.1 Å². The molecule has 2 aromatic carbocycles. The molecule has 1 N–H and O–H groups in total. The molecule has 2 aromatic rings. The number of carbonyl (C=O) groups excluding carboxylic acids is 1. The first-order valence-corrected chi connectivity index (χ1v) is 9.02. The van der Waals surface area contributed by atoms with Gasteiger partial charge in [-0.2, -0.15) is 0 Å². The summed E-state index contributed by atoms with van der Waals surface area (Å²) in [6, 6.07) is 16.1. The molecule has 0 spiro atoms. The van der Waals surface area contributed by atoms with Crippen molar-refractivity contribution in [1.29, 1.82) is 0 Å². The predicted octanol–water partition coefficient (Wildman–Crippen LogP) is 4.26. The Bertz CT molecular complexity index is 710. The van der Waals surface area contributed by atoms with Gasteiger partial charge >= 0.3 is 0 Å². The molecule has 25 heavy (non-hydrogen) atoms. The van der Waals surface area contributed by atoms with Crippen LogP contribution in [0.25, 0.3) is 0 Å². The number of anilines is 2. The van der Waals surface area contributed by atoms with Gasteiger partial charge in [-0.3, -0.25) is 4.79 Å². The molecule has 1 aliphatic heterocycles. The molecule has 0 aromatic heterocycles. The maximum absolute atomic E-state index is 12.6. The highest BCUT2D eigenvalue weighted by atomic mass is 16.5. The predicted molar refractivity (Wildman–Crippen MR) is 102 cm³/mol. The first-order valence-electron chi connectivity index (χ1n) is 9.02. The Morgan fingerprint density at radius 2 is 1.92 bits per heavy atom. The van der Waals surface area contributed by atoms with Crippen LogP contribution in [0, 0.1) is 0 Å². The van der Waals surface area contributed by atoms with E-state index >= 15 is 0 Å². The number of benzene rings is 2. The largest absolute Gasteiger partial charge is 0.491 e. The van der Waals surface area contributed by atoms with Gasteiger partial charge in [0.2, 0.25) is 5.91 Å². The summed E-state index contributed by atoms with van der Waals surface area (Å²) in [5, 5.41) is 3.32. The second-order valence-corrected chi connectivity index (χ2v) is 6.65. The van der Waals surface area contributed by atoms with E-state index in [2.05, 4.69) is 11.4 Å². The van der Waals surface area contributed by atoms with Crippen LogP contribution in [0.5, 0.6) is 5.75 Å². The van der Waals surface area contributed by atoms with Crippen LogP contribution in [-0.4, -0.2) is 25.1 Å². The molecule has 4 nitrogen and oxygen atoms in total. The number of fused-ring (bicyclic) bond motifs is 1. The molecule has 1 amide bonds. The second-order valence-electron chi connectivity index (χ2n) is 6.65. The Labute approximate surface area is 149 Å². The first-order chi connectivity index (χ1) is 12.1. The molecule has 0 saturated carbocycles. The third kappa shape index (κ3) is 4.53. The van der Waals surface area contributed by atoms with Crippen molar-refractivity contribution in [3.63, 3.8) is 0 Å². The fourth-order valence-electron chi connectivity index (χ4n) is 3.16. The summed E-state index contributed by atoms with van der Waals surface area (Å²) in [6.07, 6.45) is 2.75. The molecule has 1 heterocycles. The zero-order chi connectivity index (χ0) is 17.6. The van der Waals surface area contributed by atoms with Crippen LogP contribution in [0.2, 0.25) is 0 Å². The molecule has 4 heteroatoms. The lowest BCUT2D eigenvalue weighted by atomic mass is 10.0. The van der Waals surface area contributed by atoms with Gasteiger partial charge in [0.25, 0.3) is 0 Å². The Morgan fingerprint density at radius 3 is 2.68 bits per heavy atom. The number of hydrogen-bond donors (Lipinski definition) is 1. The first kappa shape index (κ1) is 17.3.